The van der Waals surface area contributed by atoms with Crippen LogP contribution in [0.15, 0.2) is 22.3 Å². The number of hydrogen-bond acceptors (Lipinski definition) is 6. The number of nitrogens with zero attached hydrogens (tertiary/aromatic N) is 2. The maximum absolute atomic E-state index is 11.7. The molecule has 112 valence electrons. The number of hydrogen-bond donors (Lipinski definition) is 1. The van der Waals surface area contributed by atoms with E-state index in [4.69, 9.17) is 14.9 Å². The first-order valence-corrected chi connectivity index (χ1v) is 6.60. The lowest BCUT2D eigenvalue weighted by Gasteiger charge is -2.31. The number of esters is 2. The van der Waals surface area contributed by atoms with Crippen LogP contribution < -0.4 is 0 Å². The summed E-state index contributed by atoms with van der Waals surface area (Å²) in [7, 11) is 0. The molecule has 1 N–H and O–H groups in total. The third-order valence-electron chi connectivity index (χ3n) is 2.91. The third-order valence-corrected chi connectivity index (χ3v) is 2.91. The van der Waals surface area contributed by atoms with Gasteiger partial charge in [-0.3, -0.25) is 20.0 Å². The number of allylic oxidation sites excluding steroid dienone is 1. The number of aliphatic imine (C=N–C) groups is 2. The molecule has 7 nitrogen and oxygen atoms in total. The Labute approximate surface area is 122 Å². The summed E-state index contributed by atoms with van der Waals surface area (Å²) in [6.07, 6.45) is 4.43. The molecule has 0 aromatic rings. The second kappa shape index (κ2) is 5.59. The van der Waals surface area contributed by atoms with Crippen molar-refractivity contribution in [2.45, 2.75) is 32.5 Å². The van der Waals surface area contributed by atoms with Gasteiger partial charge in [-0.1, -0.05) is 6.58 Å². The molecule has 0 bridgehead atoms. The van der Waals surface area contributed by atoms with Crippen LogP contribution in [-0.2, 0) is 19.1 Å². The van der Waals surface area contributed by atoms with Gasteiger partial charge >= 0.3 is 11.9 Å². The molecule has 0 amide bonds. The Balaban J connectivity index is 1.93. The predicted octanol–water partition coefficient (Wildman–Crippen LogP) is 1.48. The van der Waals surface area contributed by atoms with Gasteiger partial charge in [-0.05, 0) is 12.8 Å². The van der Waals surface area contributed by atoms with Crippen LogP contribution in [0.5, 0.6) is 0 Å². The molecule has 0 aromatic carbocycles. The van der Waals surface area contributed by atoms with Gasteiger partial charge in [0.05, 0.1) is 11.9 Å². The van der Waals surface area contributed by atoms with Gasteiger partial charge in [-0.2, -0.15) is 0 Å². The first kappa shape index (κ1) is 15.1. The summed E-state index contributed by atoms with van der Waals surface area (Å²) >= 11 is 0. The number of carbonyl (C=O) groups excluding carboxylic acids is 2. The minimum Gasteiger partial charge on any atom is -0.422 e. The molecule has 2 fully saturated rings. The van der Waals surface area contributed by atoms with Gasteiger partial charge in [-0.15, -0.1) is 0 Å². The van der Waals surface area contributed by atoms with Crippen molar-refractivity contribution in [3.8, 4) is 0 Å². The lowest BCUT2D eigenvalue weighted by molar-refractivity contribution is -0.235. The van der Waals surface area contributed by atoms with Crippen LogP contribution >= 0.6 is 0 Å². The number of amidine groups is 1. The average Bonchev–Trinajstić information content (AvgIpc) is 3.17. The van der Waals surface area contributed by atoms with Crippen LogP contribution in [0.25, 0.3) is 0 Å². The fourth-order valence-corrected chi connectivity index (χ4v) is 1.66. The van der Waals surface area contributed by atoms with E-state index in [-0.39, 0.29) is 11.6 Å². The Morgan fingerprint density at radius 3 is 2.38 bits per heavy atom. The van der Waals surface area contributed by atoms with E-state index in [0.29, 0.717) is 5.84 Å². The molecule has 2 aliphatic rings. The first-order chi connectivity index (χ1) is 9.78. The van der Waals surface area contributed by atoms with Crippen molar-refractivity contribution in [2.75, 3.05) is 0 Å². The van der Waals surface area contributed by atoms with Crippen LogP contribution in [0, 0.1) is 17.2 Å². The highest BCUT2D eigenvalue weighted by Gasteiger charge is 2.42. The molecule has 0 unspecified atom stereocenters. The number of ether oxygens (including phenoxy) is 2. The molecule has 1 aliphatic carbocycles. The fraction of sp³-hybridized carbons (Fsp3) is 0.500. The van der Waals surface area contributed by atoms with Gasteiger partial charge in [0.25, 0.3) is 5.79 Å². The molecule has 1 saturated carbocycles. The van der Waals surface area contributed by atoms with Crippen LogP contribution in [0.2, 0.25) is 0 Å². The average molecular weight is 291 g/mol. The number of cyclic esters (lactones) is 2. The normalized spacial score (nSPS) is 22.4. The summed E-state index contributed by atoms with van der Waals surface area (Å²) in [5.74, 6) is -3.35. The Bertz CT molecular complexity index is 539. The third kappa shape index (κ3) is 4.08. The lowest BCUT2D eigenvalue weighted by Crippen LogP contribution is -2.46. The van der Waals surface area contributed by atoms with Crippen molar-refractivity contribution in [1.29, 1.82) is 5.41 Å². The highest BCUT2D eigenvalue weighted by molar-refractivity contribution is 6.10. The number of rotatable bonds is 4. The van der Waals surface area contributed by atoms with E-state index < -0.39 is 23.6 Å². The zero-order valence-electron chi connectivity index (χ0n) is 12.0. The number of nitrogens with one attached hydrogen (secondary N) is 1. The summed E-state index contributed by atoms with van der Waals surface area (Å²) < 4.78 is 9.91. The summed E-state index contributed by atoms with van der Waals surface area (Å²) in [6, 6.07) is 0. The molecule has 7 heteroatoms. The predicted molar refractivity (Wildman–Crippen MR) is 76.3 cm³/mol. The van der Waals surface area contributed by atoms with E-state index in [1.54, 1.807) is 0 Å². The van der Waals surface area contributed by atoms with Crippen molar-refractivity contribution in [3.63, 3.8) is 0 Å². The molecule has 0 radical (unpaired) electrons. The highest BCUT2D eigenvalue weighted by Crippen LogP contribution is 2.30. The first-order valence-electron chi connectivity index (χ1n) is 6.60. The van der Waals surface area contributed by atoms with Gasteiger partial charge in [-0.25, -0.2) is 4.99 Å². The van der Waals surface area contributed by atoms with Crippen molar-refractivity contribution >= 4 is 30.2 Å². The molecular weight excluding hydrogens is 274 g/mol. The SMILES string of the molecule is C=C(C=NC(=N)C1CC1)N=CC1C(=O)OC(C)(C)OC1=O. The van der Waals surface area contributed by atoms with E-state index in [2.05, 4.69) is 16.6 Å². The largest absolute Gasteiger partial charge is 0.422 e. The molecule has 1 heterocycles. The Hall–Kier alpha value is -2.31. The number of carbonyl (C=O) groups is 2. The molecule has 0 spiro atoms. The van der Waals surface area contributed by atoms with E-state index in [1.807, 2.05) is 0 Å². The van der Waals surface area contributed by atoms with Crippen molar-refractivity contribution in [1.82, 2.24) is 0 Å². The maximum Gasteiger partial charge on any atom is 0.329 e. The fourth-order valence-electron chi connectivity index (χ4n) is 1.66. The van der Waals surface area contributed by atoms with Crippen LogP contribution in [-0.4, -0.2) is 36.0 Å². The van der Waals surface area contributed by atoms with Crippen LogP contribution in [0.4, 0.5) is 0 Å². The summed E-state index contributed by atoms with van der Waals surface area (Å²) in [5, 5.41) is 7.60. The lowest BCUT2D eigenvalue weighted by atomic mass is 10.1. The van der Waals surface area contributed by atoms with E-state index >= 15 is 0 Å². The highest BCUT2D eigenvalue weighted by atomic mass is 16.7. The zero-order valence-corrected chi connectivity index (χ0v) is 12.0. The molecule has 0 aromatic heterocycles. The van der Waals surface area contributed by atoms with E-state index in [0.717, 1.165) is 19.1 Å². The van der Waals surface area contributed by atoms with Gasteiger partial charge in [0.2, 0.25) is 0 Å². The van der Waals surface area contributed by atoms with E-state index in [1.165, 1.54) is 20.1 Å². The second-order valence-corrected chi connectivity index (χ2v) is 5.41. The van der Waals surface area contributed by atoms with Gasteiger partial charge in [0, 0.05) is 26.0 Å². The molecule has 1 aliphatic heterocycles. The Morgan fingerprint density at radius 2 is 1.86 bits per heavy atom. The summed E-state index contributed by atoms with van der Waals surface area (Å²) in [6.45, 7) is 6.58. The molecule has 21 heavy (non-hydrogen) atoms. The maximum atomic E-state index is 11.7. The molecule has 2 rings (SSSR count). The van der Waals surface area contributed by atoms with Crippen LogP contribution in [0.1, 0.15) is 26.7 Å². The van der Waals surface area contributed by atoms with Crippen molar-refractivity contribution in [2.24, 2.45) is 21.8 Å². The van der Waals surface area contributed by atoms with E-state index in [9.17, 15) is 9.59 Å². The summed E-state index contributed by atoms with van der Waals surface area (Å²) in [5.41, 5.74) is 0.242. The summed E-state index contributed by atoms with van der Waals surface area (Å²) in [4.78, 5) is 31.2. The zero-order chi connectivity index (χ0) is 15.6. The quantitative estimate of drug-likeness (QED) is 0.367. The van der Waals surface area contributed by atoms with Gasteiger partial charge in [0.1, 0.15) is 5.84 Å². The van der Waals surface area contributed by atoms with Gasteiger partial charge in [0.15, 0.2) is 5.92 Å². The molecular formula is C14H17N3O4. The van der Waals surface area contributed by atoms with Crippen molar-refractivity contribution in [3.05, 3.63) is 12.3 Å². The van der Waals surface area contributed by atoms with Crippen molar-refractivity contribution < 1.29 is 19.1 Å². The van der Waals surface area contributed by atoms with Crippen LogP contribution in [0.3, 0.4) is 0 Å². The molecule has 0 atom stereocenters. The molecule has 1 saturated heterocycles. The minimum atomic E-state index is -1.25. The van der Waals surface area contributed by atoms with Gasteiger partial charge < -0.3 is 9.47 Å². The minimum absolute atomic E-state index is 0.239. The standard InChI is InChI=1S/C14H17N3O4/c1-8(6-17-11(15)9-4-5-9)16-7-10-12(18)20-14(2,3)21-13(10)19/h6-7,9-10,15H,1,4-5H2,2-3H3. The Kier molecular flexibility index (Phi) is 4.02. The second-order valence-electron chi connectivity index (χ2n) is 5.41. The Morgan fingerprint density at radius 1 is 1.29 bits per heavy atom. The topological polar surface area (TPSA) is 101 Å². The monoisotopic (exact) mass is 291 g/mol. The smallest absolute Gasteiger partial charge is 0.329 e.